The van der Waals surface area contributed by atoms with E-state index in [2.05, 4.69) is 20.8 Å². The summed E-state index contributed by atoms with van der Waals surface area (Å²) in [4.78, 5) is 28.5. The molecule has 0 aliphatic carbocycles. The summed E-state index contributed by atoms with van der Waals surface area (Å²) < 4.78 is 11.7. The van der Waals surface area contributed by atoms with E-state index in [1.807, 2.05) is 25.3 Å². The Labute approximate surface area is 177 Å². The highest BCUT2D eigenvalue weighted by Gasteiger charge is 2.12. The molecule has 0 unspecified atom stereocenters. The van der Waals surface area contributed by atoms with Crippen LogP contribution in [0.3, 0.4) is 0 Å². The number of ether oxygens (including phenoxy) is 2. The number of methoxy groups -OCH3 is 1. The van der Waals surface area contributed by atoms with E-state index in [4.69, 9.17) is 9.47 Å². The van der Waals surface area contributed by atoms with E-state index < -0.39 is 11.8 Å². The molecular formula is C21H22N4O4S. The van der Waals surface area contributed by atoms with Crippen LogP contribution in [-0.4, -0.2) is 42.8 Å². The SMILES string of the molecule is CCOc1ccc(C(=O)NCC(=O)N/N=C(\C)c2csc3cnccc23)cc1OC. The van der Waals surface area contributed by atoms with E-state index in [0.717, 1.165) is 15.6 Å². The fourth-order valence-corrected chi connectivity index (χ4v) is 3.72. The number of nitrogens with zero attached hydrogens (tertiary/aromatic N) is 2. The number of rotatable bonds is 8. The third-order valence-corrected chi connectivity index (χ3v) is 5.18. The van der Waals surface area contributed by atoms with Crippen LogP contribution in [0.1, 0.15) is 29.8 Å². The molecule has 0 radical (unpaired) electrons. The van der Waals surface area contributed by atoms with Crippen LogP contribution in [0.4, 0.5) is 0 Å². The minimum absolute atomic E-state index is 0.209. The molecule has 2 aromatic heterocycles. The summed E-state index contributed by atoms with van der Waals surface area (Å²) in [6.07, 6.45) is 3.51. The lowest BCUT2D eigenvalue weighted by molar-refractivity contribution is -0.120. The summed E-state index contributed by atoms with van der Waals surface area (Å²) in [5, 5.41) is 9.71. The second-order valence-electron chi connectivity index (χ2n) is 6.23. The van der Waals surface area contributed by atoms with Crippen molar-refractivity contribution in [3.05, 3.63) is 53.2 Å². The monoisotopic (exact) mass is 426 g/mol. The fraction of sp³-hybridized carbons (Fsp3) is 0.238. The third kappa shape index (κ3) is 4.93. The predicted molar refractivity (Wildman–Crippen MR) is 116 cm³/mol. The number of nitrogens with one attached hydrogen (secondary N) is 2. The number of hydrazone groups is 1. The molecule has 2 N–H and O–H groups in total. The van der Waals surface area contributed by atoms with Gasteiger partial charge in [0.1, 0.15) is 0 Å². The second-order valence-corrected chi connectivity index (χ2v) is 7.15. The Morgan fingerprint density at radius 3 is 2.83 bits per heavy atom. The average molecular weight is 426 g/mol. The van der Waals surface area contributed by atoms with Gasteiger partial charge in [-0.1, -0.05) is 0 Å². The van der Waals surface area contributed by atoms with Gasteiger partial charge in [0, 0.05) is 34.3 Å². The molecule has 3 aromatic rings. The molecule has 0 saturated heterocycles. The minimum atomic E-state index is -0.429. The van der Waals surface area contributed by atoms with Crippen LogP contribution in [0, 0.1) is 0 Å². The summed E-state index contributed by atoms with van der Waals surface area (Å²) in [6, 6.07) is 6.75. The van der Waals surface area contributed by atoms with Gasteiger partial charge in [-0.2, -0.15) is 5.10 Å². The Morgan fingerprint density at radius 1 is 1.23 bits per heavy atom. The molecule has 156 valence electrons. The van der Waals surface area contributed by atoms with E-state index >= 15 is 0 Å². The van der Waals surface area contributed by atoms with Crippen LogP contribution in [0.5, 0.6) is 11.5 Å². The van der Waals surface area contributed by atoms with Crippen molar-refractivity contribution in [2.75, 3.05) is 20.3 Å². The zero-order chi connectivity index (χ0) is 21.5. The first kappa shape index (κ1) is 21.3. The highest BCUT2D eigenvalue weighted by molar-refractivity contribution is 7.17. The molecule has 0 spiro atoms. The van der Waals surface area contributed by atoms with Crippen LogP contribution in [0.15, 0.2) is 47.1 Å². The van der Waals surface area contributed by atoms with Crippen LogP contribution in [0.25, 0.3) is 10.1 Å². The number of amides is 2. The summed E-state index contributed by atoms with van der Waals surface area (Å²) in [5.74, 6) is 0.175. The van der Waals surface area contributed by atoms with Crippen molar-refractivity contribution in [1.82, 2.24) is 15.7 Å². The number of fused-ring (bicyclic) bond motifs is 1. The maximum Gasteiger partial charge on any atom is 0.259 e. The van der Waals surface area contributed by atoms with Crippen LogP contribution >= 0.6 is 11.3 Å². The first-order valence-electron chi connectivity index (χ1n) is 9.27. The van der Waals surface area contributed by atoms with Gasteiger partial charge < -0.3 is 14.8 Å². The van der Waals surface area contributed by atoms with E-state index in [9.17, 15) is 9.59 Å². The van der Waals surface area contributed by atoms with Gasteiger partial charge in [-0.3, -0.25) is 14.6 Å². The summed E-state index contributed by atoms with van der Waals surface area (Å²) in [5.41, 5.74) is 4.43. The van der Waals surface area contributed by atoms with Crippen molar-refractivity contribution in [3.63, 3.8) is 0 Å². The molecule has 8 nitrogen and oxygen atoms in total. The second kappa shape index (κ2) is 9.84. The van der Waals surface area contributed by atoms with Crippen molar-refractivity contribution < 1.29 is 19.1 Å². The van der Waals surface area contributed by atoms with Crippen molar-refractivity contribution >= 4 is 38.9 Å². The fourth-order valence-electron chi connectivity index (χ4n) is 2.75. The van der Waals surface area contributed by atoms with Crippen molar-refractivity contribution in [1.29, 1.82) is 0 Å². The Hall–Kier alpha value is -3.46. The van der Waals surface area contributed by atoms with Crippen molar-refractivity contribution in [2.24, 2.45) is 5.10 Å². The molecule has 2 amide bonds. The third-order valence-electron chi connectivity index (χ3n) is 4.25. The van der Waals surface area contributed by atoms with Gasteiger partial charge in [-0.15, -0.1) is 11.3 Å². The Bertz CT molecular complexity index is 1090. The van der Waals surface area contributed by atoms with Gasteiger partial charge in [0.15, 0.2) is 11.5 Å². The molecule has 30 heavy (non-hydrogen) atoms. The first-order valence-corrected chi connectivity index (χ1v) is 10.1. The highest BCUT2D eigenvalue weighted by Crippen LogP contribution is 2.28. The normalized spacial score (nSPS) is 11.2. The molecule has 0 aliphatic rings. The number of carbonyl (C=O) groups excluding carboxylic acids is 2. The molecule has 0 saturated carbocycles. The molecule has 0 aliphatic heterocycles. The maximum absolute atomic E-state index is 12.3. The van der Waals surface area contributed by atoms with Crippen LogP contribution in [-0.2, 0) is 4.79 Å². The lowest BCUT2D eigenvalue weighted by Gasteiger charge is -2.11. The number of hydrogen-bond donors (Lipinski definition) is 2. The van der Waals surface area contributed by atoms with Gasteiger partial charge in [0.05, 0.1) is 30.7 Å². The number of benzene rings is 1. The topological polar surface area (TPSA) is 102 Å². The summed E-state index contributed by atoms with van der Waals surface area (Å²) >= 11 is 1.56. The van der Waals surface area contributed by atoms with Crippen molar-refractivity contribution in [2.45, 2.75) is 13.8 Å². The molecule has 9 heteroatoms. The standard InChI is InChI=1S/C21H22N4O4S/c1-4-29-17-6-5-14(9-18(17)28-3)21(27)23-11-20(26)25-24-13(2)16-12-30-19-10-22-8-7-15(16)19/h5-10,12H,4,11H2,1-3H3,(H,23,27)(H,25,26)/b24-13+. The van der Waals surface area contributed by atoms with Crippen LogP contribution < -0.4 is 20.2 Å². The van der Waals surface area contributed by atoms with Gasteiger partial charge in [0.25, 0.3) is 11.8 Å². The number of carbonyl (C=O) groups is 2. The number of thiophene rings is 1. The Balaban J connectivity index is 1.57. The summed E-state index contributed by atoms with van der Waals surface area (Å²) in [7, 11) is 1.50. The largest absolute Gasteiger partial charge is 0.493 e. The van der Waals surface area contributed by atoms with E-state index in [1.165, 1.54) is 7.11 Å². The molecule has 0 bridgehead atoms. The lowest BCUT2D eigenvalue weighted by Crippen LogP contribution is -2.35. The maximum atomic E-state index is 12.3. The minimum Gasteiger partial charge on any atom is -0.493 e. The van der Waals surface area contributed by atoms with E-state index in [1.54, 1.807) is 41.9 Å². The van der Waals surface area contributed by atoms with Gasteiger partial charge >= 0.3 is 0 Å². The van der Waals surface area contributed by atoms with Gasteiger partial charge in [-0.25, -0.2) is 5.43 Å². The number of pyridine rings is 1. The van der Waals surface area contributed by atoms with E-state index in [0.29, 0.717) is 29.4 Å². The zero-order valence-corrected chi connectivity index (χ0v) is 17.7. The smallest absolute Gasteiger partial charge is 0.259 e. The number of aromatic nitrogens is 1. The first-order chi connectivity index (χ1) is 14.5. The van der Waals surface area contributed by atoms with Crippen LogP contribution in [0.2, 0.25) is 0 Å². The summed E-state index contributed by atoms with van der Waals surface area (Å²) in [6.45, 7) is 3.95. The highest BCUT2D eigenvalue weighted by atomic mass is 32.1. The average Bonchev–Trinajstić information content (AvgIpc) is 3.20. The van der Waals surface area contributed by atoms with Gasteiger partial charge in [0.2, 0.25) is 0 Å². The Morgan fingerprint density at radius 2 is 2.07 bits per heavy atom. The molecule has 0 fully saturated rings. The molecule has 1 aromatic carbocycles. The van der Waals surface area contributed by atoms with Crippen molar-refractivity contribution in [3.8, 4) is 11.5 Å². The Kier molecular flexibility index (Phi) is 6.97. The predicted octanol–water partition coefficient (Wildman–Crippen LogP) is 2.97. The number of hydrogen-bond acceptors (Lipinski definition) is 7. The quantitative estimate of drug-likeness (QED) is 0.426. The van der Waals surface area contributed by atoms with Gasteiger partial charge in [-0.05, 0) is 38.1 Å². The zero-order valence-electron chi connectivity index (χ0n) is 16.9. The van der Waals surface area contributed by atoms with E-state index in [-0.39, 0.29) is 6.54 Å². The molecule has 0 atom stereocenters. The lowest BCUT2D eigenvalue weighted by atomic mass is 10.1. The molecular weight excluding hydrogens is 404 g/mol. The molecule has 3 rings (SSSR count). The molecule has 2 heterocycles.